The van der Waals surface area contributed by atoms with Gasteiger partial charge >= 0.3 is 0 Å². The summed E-state index contributed by atoms with van der Waals surface area (Å²) in [6.45, 7) is 4.30. The first-order chi connectivity index (χ1) is 10.1. The molecule has 0 spiro atoms. The van der Waals surface area contributed by atoms with Crippen molar-refractivity contribution in [2.75, 3.05) is 0 Å². The normalized spacial score (nSPS) is 30.7. The summed E-state index contributed by atoms with van der Waals surface area (Å²) in [5, 5.41) is 10.7. The fraction of sp³-hybridized carbons (Fsp3) is 0.700. The molecule has 3 rings (SSSR count). The molecule has 116 valence electrons. The first-order valence-corrected chi connectivity index (χ1v) is 8.87. The number of aliphatic hydroxyl groups excluding tert-OH is 1. The number of aryl methyl sites for hydroxylation is 2. The van der Waals surface area contributed by atoms with Gasteiger partial charge in [0.2, 0.25) is 0 Å². The van der Waals surface area contributed by atoms with E-state index in [1.165, 1.54) is 61.6 Å². The molecule has 0 bridgehead atoms. The molecule has 0 saturated heterocycles. The molecule has 2 fully saturated rings. The first-order valence-electron chi connectivity index (χ1n) is 8.87. The van der Waals surface area contributed by atoms with E-state index in [9.17, 15) is 5.11 Å². The van der Waals surface area contributed by atoms with Crippen molar-refractivity contribution in [3.63, 3.8) is 0 Å². The summed E-state index contributed by atoms with van der Waals surface area (Å²) in [6, 6.07) is 6.69. The van der Waals surface area contributed by atoms with Crippen molar-refractivity contribution < 1.29 is 5.11 Å². The van der Waals surface area contributed by atoms with Crippen LogP contribution in [0.5, 0.6) is 0 Å². The molecule has 1 aromatic carbocycles. The lowest BCUT2D eigenvalue weighted by molar-refractivity contribution is 0.0361. The Kier molecular flexibility index (Phi) is 4.69. The Balaban J connectivity index is 1.61. The lowest BCUT2D eigenvalue weighted by Crippen LogP contribution is -2.34. The Morgan fingerprint density at radius 2 is 1.62 bits per heavy atom. The molecule has 2 aliphatic rings. The predicted octanol–water partition coefficient (Wildman–Crippen LogP) is 4.81. The van der Waals surface area contributed by atoms with Crippen LogP contribution in [0.15, 0.2) is 18.2 Å². The maximum atomic E-state index is 10.7. The zero-order valence-corrected chi connectivity index (χ0v) is 13.6. The van der Waals surface area contributed by atoms with Gasteiger partial charge in [-0.1, -0.05) is 55.0 Å². The van der Waals surface area contributed by atoms with Gasteiger partial charge < -0.3 is 5.11 Å². The molecule has 0 aromatic heterocycles. The fourth-order valence-corrected chi connectivity index (χ4v) is 4.85. The van der Waals surface area contributed by atoms with Crippen LogP contribution in [0, 0.1) is 31.6 Å². The van der Waals surface area contributed by atoms with Gasteiger partial charge in [0, 0.05) is 0 Å². The summed E-state index contributed by atoms with van der Waals surface area (Å²) in [5.41, 5.74) is 3.94. The number of fused-ring (bicyclic) bond motifs is 1. The highest BCUT2D eigenvalue weighted by Gasteiger charge is 2.34. The zero-order chi connectivity index (χ0) is 14.8. The Hall–Kier alpha value is -0.820. The largest absolute Gasteiger partial charge is 0.392 e. The third-order valence-electron chi connectivity index (χ3n) is 5.85. The van der Waals surface area contributed by atoms with Gasteiger partial charge in [-0.05, 0) is 62.8 Å². The van der Waals surface area contributed by atoms with E-state index in [-0.39, 0.29) is 6.10 Å². The highest BCUT2D eigenvalue weighted by molar-refractivity contribution is 5.29. The number of hydrogen-bond donors (Lipinski definition) is 1. The van der Waals surface area contributed by atoms with E-state index in [2.05, 4.69) is 32.0 Å². The number of aliphatic hydroxyl groups is 1. The van der Waals surface area contributed by atoms with Crippen LogP contribution in [0.4, 0.5) is 0 Å². The van der Waals surface area contributed by atoms with Gasteiger partial charge in [0.05, 0.1) is 6.10 Å². The summed E-state index contributed by atoms with van der Waals surface area (Å²) in [5.74, 6) is 2.42. The van der Waals surface area contributed by atoms with Crippen LogP contribution >= 0.6 is 0 Å². The van der Waals surface area contributed by atoms with Gasteiger partial charge in [-0.2, -0.15) is 0 Å². The van der Waals surface area contributed by atoms with Gasteiger partial charge in [0.25, 0.3) is 0 Å². The minimum absolute atomic E-state index is 0.144. The molecular formula is C20H30O. The van der Waals surface area contributed by atoms with Crippen LogP contribution in [0.1, 0.15) is 61.6 Å². The van der Waals surface area contributed by atoms with Crippen molar-refractivity contribution in [2.45, 2.75) is 71.3 Å². The van der Waals surface area contributed by atoms with Gasteiger partial charge in [-0.3, -0.25) is 0 Å². The second-order valence-electron chi connectivity index (χ2n) is 7.65. The highest BCUT2D eigenvalue weighted by atomic mass is 16.3. The second kappa shape index (κ2) is 6.52. The van der Waals surface area contributed by atoms with E-state index in [1.54, 1.807) is 0 Å². The molecule has 2 saturated carbocycles. The smallest absolute Gasteiger partial charge is 0.0608 e. The molecule has 4 atom stereocenters. The molecule has 1 nitrogen and oxygen atoms in total. The number of hydrogen-bond acceptors (Lipinski definition) is 1. The average molecular weight is 286 g/mol. The van der Waals surface area contributed by atoms with Crippen molar-refractivity contribution in [3.05, 3.63) is 34.9 Å². The minimum atomic E-state index is -0.144. The van der Waals surface area contributed by atoms with E-state index in [0.29, 0.717) is 5.92 Å². The molecule has 1 aromatic rings. The Bertz CT molecular complexity index is 458. The molecule has 0 amide bonds. The molecule has 21 heavy (non-hydrogen) atoms. The summed E-state index contributed by atoms with van der Waals surface area (Å²) >= 11 is 0. The Labute approximate surface area is 129 Å². The molecule has 1 N–H and O–H groups in total. The lowest BCUT2D eigenvalue weighted by Gasteiger charge is -2.40. The molecule has 4 unspecified atom stereocenters. The van der Waals surface area contributed by atoms with Gasteiger partial charge in [0.1, 0.15) is 0 Å². The van der Waals surface area contributed by atoms with E-state index in [1.807, 2.05) is 0 Å². The molecule has 0 radical (unpaired) electrons. The molecule has 1 heteroatoms. The maximum Gasteiger partial charge on any atom is 0.0608 e. The van der Waals surface area contributed by atoms with Gasteiger partial charge in [-0.15, -0.1) is 0 Å². The van der Waals surface area contributed by atoms with Crippen LogP contribution in [0.25, 0.3) is 0 Å². The van der Waals surface area contributed by atoms with Crippen LogP contribution in [-0.2, 0) is 6.42 Å². The SMILES string of the molecule is Cc1cc(C)cc(CC(O)C2CCC3CCCCC3C2)c1. The monoisotopic (exact) mass is 286 g/mol. The third kappa shape index (κ3) is 3.69. The number of rotatable bonds is 3. The maximum absolute atomic E-state index is 10.7. The molecular weight excluding hydrogens is 256 g/mol. The van der Waals surface area contributed by atoms with E-state index in [4.69, 9.17) is 0 Å². The lowest BCUT2D eigenvalue weighted by atomic mass is 9.66. The van der Waals surface area contributed by atoms with Crippen molar-refractivity contribution in [2.24, 2.45) is 17.8 Å². The Morgan fingerprint density at radius 3 is 2.33 bits per heavy atom. The van der Waals surface area contributed by atoms with Crippen molar-refractivity contribution in [1.29, 1.82) is 0 Å². The van der Waals surface area contributed by atoms with Gasteiger partial charge in [0.15, 0.2) is 0 Å². The number of benzene rings is 1. The summed E-state index contributed by atoms with van der Waals surface area (Å²) < 4.78 is 0. The first kappa shape index (κ1) is 15.1. The summed E-state index contributed by atoms with van der Waals surface area (Å²) in [7, 11) is 0. The van der Waals surface area contributed by atoms with E-state index >= 15 is 0 Å². The molecule has 0 heterocycles. The van der Waals surface area contributed by atoms with Crippen LogP contribution in [0.3, 0.4) is 0 Å². The molecule has 0 aliphatic heterocycles. The topological polar surface area (TPSA) is 20.2 Å². The molecule has 2 aliphatic carbocycles. The van der Waals surface area contributed by atoms with Crippen molar-refractivity contribution >= 4 is 0 Å². The van der Waals surface area contributed by atoms with Crippen LogP contribution in [0.2, 0.25) is 0 Å². The second-order valence-corrected chi connectivity index (χ2v) is 7.65. The quantitative estimate of drug-likeness (QED) is 0.845. The third-order valence-corrected chi connectivity index (χ3v) is 5.85. The van der Waals surface area contributed by atoms with Crippen LogP contribution in [-0.4, -0.2) is 11.2 Å². The van der Waals surface area contributed by atoms with E-state index < -0.39 is 0 Å². The summed E-state index contributed by atoms with van der Waals surface area (Å²) in [6.07, 6.45) is 10.3. The average Bonchev–Trinajstić information content (AvgIpc) is 2.45. The summed E-state index contributed by atoms with van der Waals surface area (Å²) in [4.78, 5) is 0. The highest BCUT2D eigenvalue weighted by Crippen LogP contribution is 2.43. The van der Waals surface area contributed by atoms with Gasteiger partial charge in [-0.25, -0.2) is 0 Å². The van der Waals surface area contributed by atoms with Crippen molar-refractivity contribution in [1.82, 2.24) is 0 Å². The predicted molar refractivity (Wildman–Crippen MR) is 88.4 cm³/mol. The van der Waals surface area contributed by atoms with Crippen molar-refractivity contribution in [3.8, 4) is 0 Å². The Morgan fingerprint density at radius 1 is 0.952 bits per heavy atom. The fourth-order valence-electron chi connectivity index (χ4n) is 4.85. The van der Waals surface area contributed by atoms with Crippen LogP contribution < -0.4 is 0 Å². The van der Waals surface area contributed by atoms with E-state index in [0.717, 1.165) is 18.3 Å². The standard InChI is InChI=1S/C20H30O/c1-14-9-15(2)11-16(10-14)12-20(21)19-8-7-17-5-3-4-6-18(17)13-19/h9-11,17-21H,3-8,12-13H2,1-2H3. The minimum Gasteiger partial charge on any atom is -0.392 e. The zero-order valence-electron chi connectivity index (χ0n) is 13.6.